The van der Waals surface area contributed by atoms with Gasteiger partial charge in [-0.1, -0.05) is 32.4 Å². The molecule has 1 rings (SSSR count). The molecule has 0 spiro atoms. The largest absolute Gasteiger partial charge is 0.496 e. The van der Waals surface area contributed by atoms with Crippen molar-refractivity contribution >= 4 is 0 Å². The molecule has 1 aromatic rings. The summed E-state index contributed by atoms with van der Waals surface area (Å²) in [7, 11) is 1.72. The predicted octanol–water partition coefficient (Wildman–Crippen LogP) is 3.59. The van der Waals surface area contributed by atoms with Crippen LogP contribution in [0.2, 0.25) is 0 Å². The third-order valence-corrected chi connectivity index (χ3v) is 2.74. The first-order chi connectivity index (χ1) is 6.67. The number of benzene rings is 1. The number of ether oxygens (including phenoxy) is 1. The van der Waals surface area contributed by atoms with Crippen LogP contribution in [0.3, 0.4) is 0 Å². The van der Waals surface area contributed by atoms with Crippen LogP contribution in [0.1, 0.15) is 31.4 Å². The molecule has 0 saturated carbocycles. The molecule has 0 heterocycles. The van der Waals surface area contributed by atoms with E-state index in [2.05, 4.69) is 39.0 Å². The van der Waals surface area contributed by atoms with Crippen molar-refractivity contribution in [1.82, 2.24) is 0 Å². The summed E-state index contributed by atoms with van der Waals surface area (Å²) in [6.07, 6.45) is 2.41. The van der Waals surface area contributed by atoms with Gasteiger partial charge in [-0.25, -0.2) is 0 Å². The van der Waals surface area contributed by atoms with Gasteiger partial charge in [-0.05, 0) is 36.5 Å². The van der Waals surface area contributed by atoms with Gasteiger partial charge >= 0.3 is 0 Å². The van der Waals surface area contributed by atoms with Crippen molar-refractivity contribution in [3.05, 3.63) is 29.3 Å². The number of aryl methyl sites for hydroxylation is 1. The highest BCUT2D eigenvalue weighted by atomic mass is 16.5. The van der Waals surface area contributed by atoms with E-state index >= 15 is 0 Å². The fraction of sp³-hybridized carbons (Fsp3) is 0.538. The molecular weight excluding hydrogens is 172 g/mol. The molecule has 78 valence electrons. The third kappa shape index (κ3) is 2.76. The van der Waals surface area contributed by atoms with Gasteiger partial charge in [0.1, 0.15) is 5.75 Å². The van der Waals surface area contributed by atoms with Crippen molar-refractivity contribution in [2.45, 2.75) is 33.6 Å². The van der Waals surface area contributed by atoms with Gasteiger partial charge in [-0.2, -0.15) is 0 Å². The molecule has 1 nitrogen and oxygen atoms in total. The minimum atomic E-state index is 0.766. The molecule has 1 aromatic carbocycles. The van der Waals surface area contributed by atoms with E-state index < -0.39 is 0 Å². The second-order valence-electron chi connectivity index (χ2n) is 4.02. The van der Waals surface area contributed by atoms with Gasteiger partial charge in [-0.15, -0.1) is 0 Å². The van der Waals surface area contributed by atoms with Gasteiger partial charge in [0, 0.05) is 0 Å². The highest BCUT2D eigenvalue weighted by molar-refractivity contribution is 5.36. The monoisotopic (exact) mass is 192 g/mol. The molecule has 0 aliphatic heterocycles. The summed E-state index contributed by atoms with van der Waals surface area (Å²) in [5, 5.41) is 0. The second kappa shape index (κ2) is 5.04. The lowest BCUT2D eigenvalue weighted by Crippen LogP contribution is -1.98. The molecule has 0 amide bonds. The Bertz CT molecular complexity index is 291. The summed E-state index contributed by atoms with van der Waals surface area (Å²) < 4.78 is 5.23. The van der Waals surface area contributed by atoms with E-state index in [9.17, 15) is 0 Å². The van der Waals surface area contributed by atoms with Crippen molar-refractivity contribution in [2.75, 3.05) is 7.11 Å². The van der Waals surface area contributed by atoms with E-state index in [1.54, 1.807) is 7.11 Å². The fourth-order valence-corrected chi connectivity index (χ4v) is 1.61. The molecule has 0 aromatic heterocycles. The molecule has 14 heavy (non-hydrogen) atoms. The van der Waals surface area contributed by atoms with Crippen LogP contribution in [-0.2, 0) is 6.42 Å². The minimum absolute atomic E-state index is 0.766. The molecule has 1 atom stereocenters. The Balaban J connectivity index is 2.76. The van der Waals surface area contributed by atoms with Crippen molar-refractivity contribution in [3.8, 4) is 5.75 Å². The van der Waals surface area contributed by atoms with Gasteiger partial charge in [0.2, 0.25) is 0 Å². The summed E-state index contributed by atoms with van der Waals surface area (Å²) in [6, 6.07) is 6.45. The fourth-order valence-electron chi connectivity index (χ4n) is 1.61. The van der Waals surface area contributed by atoms with Crippen LogP contribution in [0, 0.1) is 12.8 Å². The van der Waals surface area contributed by atoms with Crippen LogP contribution < -0.4 is 4.74 Å². The van der Waals surface area contributed by atoms with E-state index in [-0.39, 0.29) is 0 Å². The number of hydrogen-bond acceptors (Lipinski definition) is 1. The smallest absolute Gasteiger partial charge is 0.121 e. The molecular formula is C13H20O. The first-order valence-electron chi connectivity index (χ1n) is 5.30. The van der Waals surface area contributed by atoms with Gasteiger partial charge in [0.25, 0.3) is 0 Å². The Morgan fingerprint density at radius 3 is 2.57 bits per heavy atom. The number of rotatable bonds is 4. The lowest BCUT2D eigenvalue weighted by molar-refractivity contribution is 0.411. The van der Waals surface area contributed by atoms with E-state index in [0.29, 0.717) is 0 Å². The van der Waals surface area contributed by atoms with Crippen LogP contribution >= 0.6 is 0 Å². The zero-order valence-electron chi connectivity index (χ0n) is 9.63. The summed E-state index contributed by atoms with van der Waals surface area (Å²) in [5.74, 6) is 1.75. The van der Waals surface area contributed by atoms with Gasteiger partial charge in [-0.3, -0.25) is 0 Å². The Labute approximate surface area is 87.1 Å². The summed E-state index contributed by atoms with van der Waals surface area (Å²) >= 11 is 0. The van der Waals surface area contributed by atoms with E-state index in [0.717, 1.165) is 11.7 Å². The molecule has 1 heteroatoms. The number of methoxy groups -OCH3 is 1. The highest BCUT2D eigenvalue weighted by Gasteiger charge is 2.03. The van der Waals surface area contributed by atoms with Crippen LogP contribution in [0.4, 0.5) is 0 Å². The maximum absolute atomic E-state index is 5.23. The molecule has 0 aliphatic carbocycles. The minimum Gasteiger partial charge on any atom is -0.496 e. The SMILES string of the molecule is CCC(C)Cc1ccc(OC)c(C)c1. The Morgan fingerprint density at radius 1 is 1.36 bits per heavy atom. The number of hydrogen-bond donors (Lipinski definition) is 0. The van der Waals surface area contributed by atoms with Crippen molar-refractivity contribution in [1.29, 1.82) is 0 Å². The quantitative estimate of drug-likeness (QED) is 0.708. The van der Waals surface area contributed by atoms with Gasteiger partial charge in [0.05, 0.1) is 7.11 Å². The van der Waals surface area contributed by atoms with Crippen molar-refractivity contribution in [3.63, 3.8) is 0 Å². The Hall–Kier alpha value is -0.980. The second-order valence-corrected chi connectivity index (χ2v) is 4.02. The molecule has 0 aliphatic rings. The normalized spacial score (nSPS) is 12.6. The van der Waals surface area contributed by atoms with Crippen LogP contribution in [-0.4, -0.2) is 7.11 Å². The van der Waals surface area contributed by atoms with E-state index in [4.69, 9.17) is 4.74 Å². The summed E-state index contributed by atoms with van der Waals surface area (Å²) in [5.41, 5.74) is 2.64. The maximum atomic E-state index is 5.23. The van der Waals surface area contributed by atoms with Crippen molar-refractivity contribution in [2.24, 2.45) is 5.92 Å². The van der Waals surface area contributed by atoms with Crippen molar-refractivity contribution < 1.29 is 4.74 Å². The van der Waals surface area contributed by atoms with Crippen LogP contribution in [0.25, 0.3) is 0 Å². The molecule has 0 saturated heterocycles. The third-order valence-electron chi connectivity index (χ3n) is 2.74. The van der Waals surface area contributed by atoms with Crippen LogP contribution in [0.5, 0.6) is 5.75 Å². The lowest BCUT2D eigenvalue weighted by atomic mass is 9.97. The standard InChI is InChI=1S/C13H20O/c1-5-10(2)8-12-6-7-13(14-4)11(3)9-12/h6-7,9-10H,5,8H2,1-4H3. The Kier molecular flexibility index (Phi) is 3.99. The van der Waals surface area contributed by atoms with Crippen LogP contribution in [0.15, 0.2) is 18.2 Å². The van der Waals surface area contributed by atoms with E-state index in [1.165, 1.54) is 24.0 Å². The lowest BCUT2D eigenvalue weighted by Gasteiger charge is -2.10. The first-order valence-corrected chi connectivity index (χ1v) is 5.30. The molecule has 1 unspecified atom stereocenters. The molecule has 0 radical (unpaired) electrons. The molecule has 0 N–H and O–H groups in total. The zero-order chi connectivity index (χ0) is 10.6. The molecule has 0 bridgehead atoms. The first kappa shape index (κ1) is 11.1. The average Bonchev–Trinajstić information content (AvgIpc) is 2.18. The Morgan fingerprint density at radius 2 is 2.07 bits per heavy atom. The predicted molar refractivity (Wildman–Crippen MR) is 60.9 cm³/mol. The van der Waals surface area contributed by atoms with Gasteiger partial charge < -0.3 is 4.74 Å². The summed E-state index contributed by atoms with van der Waals surface area (Å²) in [6.45, 7) is 6.62. The zero-order valence-corrected chi connectivity index (χ0v) is 9.63. The molecule has 0 fully saturated rings. The summed E-state index contributed by atoms with van der Waals surface area (Å²) in [4.78, 5) is 0. The topological polar surface area (TPSA) is 9.23 Å². The van der Waals surface area contributed by atoms with E-state index in [1.807, 2.05) is 0 Å². The maximum Gasteiger partial charge on any atom is 0.121 e. The van der Waals surface area contributed by atoms with Gasteiger partial charge in [0.15, 0.2) is 0 Å². The average molecular weight is 192 g/mol. The highest BCUT2D eigenvalue weighted by Crippen LogP contribution is 2.20.